The number of hydrogen-bond acceptors (Lipinski definition) is 7. The van der Waals surface area contributed by atoms with Crippen molar-refractivity contribution < 1.29 is 32.7 Å². The fraction of sp³-hybridized carbons (Fsp3) is 0.227. The quantitative estimate of drug-likeness (QED) is 0.484. The molecule has 8 nitrogen and oxygen atoms in total. The van der Waals surface area contributed by atoms with Crippen molar-refractivity contribution in [2.75, 3.05) is 5.32 Å². The van der Waals surface area contributed by atoms with E-state index in [1.165, 1.54) is 30.3 Å². The number of thiophene rings is 1. The van der Waals surface area contributed by atoms with Crippen molar-refractivity contribution in [2.24, 2.45) is 5.73 Å². The van der Waals surface area contributed by atoms with E-state index < -0.39 is 23.9 Å². The third kappa shape index (κ3) is 5.33. The van der Waals surface area contributed by atoms with Gasteiger partial charge in [0.15, 0.2) is 5.76 Å². The third-order valence-electron chi connectivity index (χ3n) is 4.22. The molecule has 0 aliphatic rings. The van der Waals surface area contributed by atoms with Crippen molar-refractivity contribution in [2.45, 2.75) is 33.5 Å². The highest BCUT2D eigenvalue weighted by Gasteiger charge is 2.27. The van der Waals surface area contributed by atoms with Gasteiger partial charge in [-0.05, 0) is 62.7 Å². The second-order valence-electron chi connectivity index (χ2n) is 7.04. The molecule has 0 saturated carbocycles. The fourth-order valence-electron chi connectivity index (χ4n) is 2.78. The summed E-state index contributed by atoms with van der Waals surface area (Å²) in [5.41, 5.74) is 5.78. The number of rotatable bonds is 8. The fourth-order valence-corrected chi connectivity index (χ4v) is 3.82. The summed E-state index contributed by atoms with van der Waals surface area (Å²) in [7, 11) is 0. The number of nitrogens with one attached hydrogen (secondary N) is 1. The molecule has 3 N–H and O–H groups in total. The predicted octanol–water partition coefficient (Wildman–Crippen LogP) is 4.28. The van der Waals surface area contributed by atoms with Gasteiger partial charge in [0.1, 0.15) is 28.9 Å². The molecule has 0 radical (unpaired) electrons. The van der Waals surface area contributed by atoms with Gasteiger partial charge >= 0.3 is 5.97 Å². The number of hydrogen-bond donors (Lipinski definition) is 2. The van der Waals surface area contributed by atoms with Crippen molar-refractivity contribution in [3.8, 4) is 5.75 Å². The van der Waals surface area contributed by atoms with E-state index >= 15 is 0 Å². The minimum Gasteiger partial charge on any atom is -0.486 e. The lowest BCUT2D eigenvalue weighted by molar-refractivity contribution is 0.0379. The minimum atomic E-state index is -0.718. The number of carbonyl (C=O) groups excluding carboxylic acids is 3. The number of benzene rings is 1. The highest BCUT2D eigenvalue weighted by molar-refractivity contribution is 7.18. The molecule has 168 valence electrons. The van der Waals surface area contributed by atoms with Crippen molar-refractivity contribution >= 4 is 34.1 Å². The molecule has 0 spiro atoms. The molecule has 2 amide bonds. The number of amides is 2. The van der Waals surface area contributed by atoms with E-state index in [4.69, 9.17) is 19.6 Å². The molecule has 0 bridgehead atoms. The van der Waals surface area contributed by atoms with E-state index in [1.807, 2.05) is 0 Å². The van der Waals surface area contributed by atoms with Gasteiger partial charge in [0.05, 0.1) is 16.5 Å². The van der Waals surface area contributed by atoms with Crippen molar-refractivity contribution in [1.82, 2.24) is 0 Å². The normalized spacial score (nSPS) is 10.8. The SMILES string of the molecule is Cc1c(C(N)=O)sc(NC(=O)c2ccc(COc3ccc(F)cc3)o2)c1C(=O)OC(C)C. The third-order valence-corrected chi connectivity index (χ3v) is 5.45. The van der Waals surface area contributed by atoms with Crippen LogP contribution in [0.3, 0.4) is 0 Å². The van der Waals surface area contributed by atoms with Crippen LogP contribution in [-0.2, 0) is 11.3 Å². The number of nitrogens with two attached hydrogens (primary N) is 1. The summed E-state index contributed by atoms with van der Waals surface area (Å²) in [4.78, 5) is 37.0. The van der Waals surface area contributed by atoms with Crippen LogP contribution in [0.25, 0.3) is 0 Å². The molecule has 0 fully saturated rings. The Labute approximate surface area is 187 Å². The summed E-state index contributed by atoms with van der Waals surface area (Å²) in [5.74, 6) is -1.64. The second kappa shape index (κ2) is 9.65. The molecule has 1 aromatic carbocycles. The number of esters is 1. The van der Waals surface area contributed by atoms with Crippen molar-refractivity contribution in [1.29, 1.82) is 0 Å². The first-order chi connectivity index (χ1) is 15.2. The Morgan fingerprint density at radius 3 is 2.47 bits per heavy atom. The number of halogens is 1. The van der Waals surface area contributed by atoms with Crippen LogP contribution in [0.2, 0.25) is 0 Å². The first-order valence-electron chi connectivity index (χ1n) is 9.58. The number of furan rings is 1. The molecule has 0 unspecified atom stereocenters. The second-order valence-corrected chi connectivity index (χ2v) is 8.06. The zero-order valence-electron chi connectivity index (χ0n) is 17.6. The average Bonchev–Trinajstić information content (AvgIpc) is 3.31. The molecule has 0 saturated heterocycles. The molecule has 32 heavy (non-hydrogen) atoms. The van der Waals surface area contributed by atoms with Gasteiger partial charge in [0, 0.05) is 0 Å². The van der Waals surface area contributed by atoms with Crippen LogP contribution in [0.15, 0.2) is 40.8 Å². The van der Waals surface area contributed by atoms with E-state index in [9.17, 15) is 18.8 Å². The molecular weight excluding hydrogens is 439 g/mol. The average molecular weight is 460 g/mol. The lowest BCUT2D eigenvalue weighted by Gasteiger charge is -2.10. The summed E-state index contributed by atoms with van der Waals surface area (Å²) >= 11 is 0.884. The molecule has 0 atom stereocenters. The minimum absolute atomic E-state index is 0.0226. The summed E-state index contributed by atoms with van der Waals surface area (Å²) in [6.07, 6.45) is -0.392. The predicted molar refractivity (Wildman–Crippen MR) is 116 cm³/mol. The van der Waals surface area contributed by atoms with Crippen molar-refractivity contribution in [3.05, 3.63) is 69.7 Å². The molecule has 0 aliphatic carbocycles. The first kappa shape index (κ1) is 23.0. The number of ether oxygens (including phenoxy) is 2. The maximum Gasteiger partial charge on any atom is 0.341 e. The molecular formula is C22H21FN2O6S. The number of primary amides is 1. The van der Waals surface area contributed by atoms with E-state index in [0.29, 0.717) is 17.1 Å². The van der Waals surface area contributed by atoms with Gasteiger partial charge in [0.2, 0.25) is 0 Å². The Morgan fingerprint density at radius 2 is 1.84 bits per heavy atom. The standard InChI is InChI=1S/C22H21FN2O6S/c1-11(2)30-22(28)17-12(3)18(19(24)26)32-21(17)25-20(27)16-9-8-15(31-16)10-29-14-6-4-13(23)5-7-14/h4-9,11H,10H2,1-3H3,(H2,24,26)(H,25,27). The Balaban J connectivity index is 1.75. The smallest absolute Gasteiger partial charge is 0.341 e. The van der Waals surface area contributed by atoms with Gasteiger partial charge in [-0.3, -0.25) is 9.59 Å². The van der Waals surface area contributed by atoms with Gasteiger partial charge in [-0.2, -0.15) is 0 Å². The largest absolute Gasteiger partial charge is 0.486 e. The van der Waals surface area contributed by atoms with Crippen LogP contribution in [0.5, 0.6) is 5.75 Å². The molecule has 2 heterocycles. The summed E-state index contributed by atoms with van der Waals surface area (Å²) < 4.78 is 29.2. The van der Waals surface area contributed by atoms with Crippen LogP contribution < -0.4 is 15.8 Å². The summed E-state index contributed by atoms with van der Waals surface area (Å²) in [6.45, 7) is 4.95. The van der Waals surface area contributed by atoms with Gasteiger partial charge < -0.3 is 24.9 Å². The Bertz CT molecular complexity index is 1150. The Hall–Kier alpha value is -3.66. The maximum atomic E-state index is 13.0. The Morgan fingerprint density at radius 1 is 1.16 bits per heavy atom. The topological polar surface area (TPSA) is 121 Å². The van der Waals surface area contributed by atoms with Gasteiger partial charge in [-0.15, -0.1) is 11.3 Å². The van der Waals surface area contributed by atoms with E-state index in [1.54, 1.807) is 26.8 Å². The molecule has 3 aromatic rings. The molecule has 0 aliphatic heterocycles. The molecule has 2 aromatic heterocycles. The van der Waals surface area contributed by atoms with E-state index in [0.717, 1.165) is 11.3 Å². The lowest BCUT2D eigenvalue weighted by Crippen LogP contribution is -2.17. The van der Waals surface area contributed by atoms with Gasteiger partial charge in [-0.25, -0.2) is 9.18 Å². The summed E-state index contributed by atoms with van der Waals surface area (Å²) in [5, 5.41) is 2.72. The maximum absolute atomic E-state index is 13.0. The highest BCUT2D eigenvalue weighted by Crippen LogP contribution is 2.34. The highest BCUT2D eigenvalue weighted by atomic mass is 32.1. The first-order valence-corrected chi connectivity index (χ1v) is 10.4. The van der Waals surface area contributed by atoms with Crippen LogP contribution >= 0.6 is 11.3 Å². The van der Waals surface area contributed by atoms with Crippen molar-refractivity contribution in [3.63, 3.8) is 0 Å². The Kier molecular flexibility index (Phi) is 6.94. The van der Waals surface area contributed by atoms with Crippen LogP contribution in [0.1, 0.15) is 55.8 Å². The lowest BCUT2D eigenvalue weighted by atomic mass is 10.1. The van der Waals surface area contributed by atoms with E-state index in [-0.39, 0.29) is 33.6 Å². The van der Waals surface area contributed by atoms with E-state index in [2.05, 4.69) is 5.32 Å². The molecule has 10 heteroatoms. The summed E-state index contributed by atoms with van der Waals surface area (Å²) in [6, 6.07) is 8.47. The monoisotopic (exact) mass is 460 g/mol. The number of anilines is 1. The molecule has 3 rings (SSSR count). The zero-order chi connectivity index (χ0) is 23.4. The van der Waals surface area contributed by atoms with Gasteiger partial charge in [-0.1, -0.05) is 0 Å². The zero-order valence-corrected chi connectivity index (χ0v) is 18.4. The number of carbonyl (C=O) groups is 3. The van der Waals surface area contributed by atoms with Gasteiger partial charge in [0.25, 0.3) is 11.8 Å². The van der Waals surface area contributed by atoms with Crippen LogP contribution in [0.4, 0.5) is 9.39 Å². The van der Waals surface area contributed by atoms with Crippen LogP contribution in [0, 0.1) is 12.7 Å². The van der Waals surface area contributed by atoms with Crippen LogP contribution in [-0.4, -0.2) is 23.9 Å².